The van der Waals surface area contributed by atoms with Gasteiger partial charge in [-0.15, -0.1) is 0 Å². The predicted molar refractivity (Wildman–Crippen MR) is 101 cm³/mol. The van der Waals surface area contributed by atoms with Crippen LogP contribution in [0.2, 0.25) is 0 Å². The van der Waals surface area contributed by atoms with Crippen LogP contribution in [0.1, 0.15) is 24.0 Å². The summed E-state index contributed by atoms with van der Waals surface area (Å²) in [4.78, 5) is 14.0. The second-order valence-electron chi connectivity index (χ2n) is 7.08. The predicted octanol–water partition coefficient (Wildman–Crippen LogP) is 5.31. The number of carbonyl (C=O) groups excluding carboxylic acids is 1. The van der Waals surface area contributed by atoms with E-state index >= 15 is 0 Å². The van der Waals surface area contributed by atoms with Crippen molar-refractivity contribution in [2.75, 3.05) is 25.0 Å². The van der Waals surface area contributed by atoms with E-state index in [1.807, 2.05) is 0 Å². The molecule has 156 valence electrons. The number of urea groups is 1. The summed E-state index contributed by atoms with van der Waals surface area (Å²) in [7, 11) is 0. The smallest absolute Gasteiger partial charge is 0.376 e. The number of hydrogen-bond acceptors (Lipinski definition) is 2. The van der Waals surface area contributed by atoms with Crippen LogP contribution in [-0.2, 0) is 17.5 Å². The van der Waals surface area contributed by atoms with Crippen LogP contribution < -0.4 is 5.32 Å². The lowest BCUT2D eigenvalue weighted by molar-refractivity contribution is -0.137. The van der Waals surface area contributed by atoms with Crippen LogP contribution in [0.25, 0.3) is 0 Å². The van der Waals surface area contributed by atoms with Crippen molar-refractivity contribution in [3.05, 3.63) is 65.5 Å². The van der Waals surface area contributed by atoms with Gasteiger partial charge in [0.1, 0.15) is 5.82 Å². The van der Waals surface area contributed by atoms with Crippen molar-refractivity contribution in [3.8, 4) is 0 Å². The van der Waals surface area contributed by atoms with E-state index in [4.69, 9.17) is 4.74 Å². The number of nitrogens with zero attached hydrogens (tertiary/aromatic N) is 1. The number of halogens is 4. The number of nitrogens with one attached hydrogen (secondary N) is 1. The average molecular weight is 410 g/mol. The van der Waals surface area contributed by atoms with Crippen LogP contribution in [-0.4, -0.2) is 30.6 Å². The van der Waals surface area contributed by atoms with Crippen LogP contribution in [0.3, 0.4) is 0 Å². The molecule has 2 aromatic rings. The van der Waals surface area contributed by atoms with Crippen molar-refractivity contribution in [2.24, 2.45) is 5.92 Å². The van der Waals surface area contributed by atoms with Gasteiger partial charge in [0.15, 0.2) is 0 Å². The van der Waals surface area contributed by atoms with Crippen molar-refractivity contribution in [1.82, 2.24) is 4.90 Å². The molecular formula is C21H22F4N2O2. The maximum absolute atomic E-state index is 12.9. The normalized spacial score (nSPS) is 15.4. The molecule has 0 atom stereocenters. The Hall–Kier alpha value is -2.61. The van der Waals surface area contributed by atoms with Gasteiger partial charge in [0, 0.05) is 25.4 Å². The summed E-state index contributed by atoms with van der Waals surface area (Å²) in [5, 5.41) is 2.63. The lowest BCUT2D eigenvalue weighted by atomic mass is 9.98. The highest BCUT2D eigenvalue weighted by Gasteiger charge is 2.30. The van der Waals surface area contributed by atoms with E-state index < -0.39 is 11.7 Å². The Morgan fingerprint density at radius 1 is 1.03 bits per heavy atom. The number of likely N-dealkylation sites (tertiary alicyclic amines) is 1. The number of ether oxygens (including phenoxy) is 1. The third kappa shape index (κ3) is 6.19. The summed E-state index contributed by atoms with van der Waals surface area (Å²) >= 11 is 0. The van der Waals surface area contributed by atoms with E-state index in [0.717, 1.165) is 30.5 Å². The minimum absolute atomic E-state index is 0.282. The zero-order valence-corrected chi connectivity index (χ0v) is 15.7. The lowest BCUT2D eigenvalue weighted by Gasteiger charge is -2.32. The van der Waals surface area contributed by atoms with Gasteiger partial charge >= 0.3 is 12.2 Å². The molecule has 0 saturated carbocycles. The van der Waals surface area contributed by atoms with Gasteiger partial charge in [-0.3, -0.25) is 0 Å². The Bertz CT molecular complexity index is 799. The van der Waals surface area contributed by atoms with Crippen molar-refractivity contribution < 1.29 is 27.1 Å². The summed E-state index contributed by atoms with van der Waals surface area (Å²) in [6.07, 6.45) is -2.84. The van der Waals surface area contributed by atoms with Gasteiger partial charge in [0.25, 0.3) is 0 Å². The highest BCUT2D eigenvalue weighted by atomic mass is 19.4. The van der Waals surface area contributed by atoms with Crippen molar-refractivity contribution in [1.29, 1.82) is 0 Å². The summed E-state index contributed by atoms with van der Waals surface area (Å²) < 4.78 is 56.3. The van der Waals surface area contributed by atoms with Crippen LogP contribution in [0, 0.1) is 11.7 Å². The van der Waals surface area contributed by atoms with Crippen molar-refractivity contribution in [3.63, 3.8) is 0 Å². The second kappa shape index (κ2) is 9.26. The zero-order chi connectivity index (χ0) is 20.9. The van der Waals surface area contributed by atoms with Crippen LogP contribution in [0.4, 0.5) is 28.0 Å². The Morgan fingerprint density at radius 3 is 2.24 bits per heavy atom. The lowest BCUT2D eigenvalue weighted by Crippen LogP contribution is -2.41. The fourth-order valence-electron chi connectivity index (χ4n) is 3.17. The Morgan fingerprint density at radius 2 is 1.66 bits per heavy atom. The molecular weight excluding hydrogens is 388 g/mol. The van der Waals surface area contributed by atoms with Gasteiger partial charge in [-0.1, -0.05) is 12.1 Å². The number of anilines is 1. The van der Waals surface area contributed by atoms with E-state index in [0.29, 0.717) is 37.9 Å². The highest BCUT2D eigenvalue weighted by molar-refractivity contribution is 5.89. The molecule has 0 aliphatic carbocycles. The SMILES string of the molecule is O=C(Nc1ccc(C(F)(F)F)cc1)N1CCC(COCc2ccc(F)cc2)CC1. The standard InChI is InChI=1S/C21H22F4N2O2/c22-18-5-1-15(2-6-18)13-29-14-16-9-11-27(12-10-16)20(28)26-19-7-3-17(4-8-19)21(23,24)25/h1-8,16H,9-14H2,(H,26,28). The van der Waals surface area contributed by atoms with E-state index in [9.17, 15) is 22.4 Å². The molecule has 1 heterocycles. The molecule has 8 heteroatoms. The molecule has 1 saturated heterocycles. The summed E-state index contributed by atoms with van der Waals surface area (Å²) in [6, 6.07) is 10.2. The van der Waals surface area contributed by atoms with E-state index in [2.05, 4.69) is 5.32 Å². The molecule has 0 aromatic heterocycles. The van der Waals surface area contributed by atoms with Crippen molar-refractivity contribution >= 4 is 11.7 Å². The van der Waals surface area contributed by atoms with Gasteiger partial charge in [-0.05, 0) is 60.7 Å². The molecule has 1 aliphatic rings. The van der Waals surface area contributed by atoms with E-state index in [-0.39, 0.29) is 11.8 Å². The number of benzene rings is 2. The first-order chi connectivity index (χ1) is 13.8. The first-order valence-electron chi connectivity index (χ1n) is 9.36. The third-order valence-corrected chi connectivity index (χ3v) is 4.90. The van der Waals surface area contributed by atoms with Crippen LogP contribution >= 0.6 is 0 Å². The Kier molecular flexibility index (Phi) is 6.74. The molecule has 0 spiro atoms. The molecule has 29 heavy (non-hydrogen) atoms. The van der Waals surface area contributed by atoms with Gasteiger partial charge < -0.3 is 15.0 Å². The highest BCUT2D eigenvalue weighted by Crippen LogP contribution is 2.30. The largest absolute Gasteiger partial charge is 0.416 e. The van der Waals surface area contributed by atoms with Crippen molar-refractivity contribution in [2.45, 2.75) is 25.6 Å². The maximum Gasteiger partial charge on any atom is 0.416 e. The maximum atomic E-state index is 12.9. The van der Waals surface area contributed by atoms with Gasteiger partial charge in [-0.25, -0.2) is 9.18 Å². The number of hydrogen-bond donors (Lipinski definition) is 1. The van der Waals surface area contributed by atoms with Gasteiger partial charge in [0.05, 0.1) is 12.2 Å². The number of amides is 2. The second-order valence-corrected chi connectivity index (χ2v) is 7.08. The molecule has 1 fully saturated rings. The fourth-order valence-corrected chi connectivity index (χ4v) is 3.17. The summed E-state index contributed by atoms with van der Waals surface area (Å²) in [5.74, 6) is 0.0428. The molecule has 2 aromatic carbocycles. The Labute approximate surface area is 166 Å². The average Bonchev–Trinajstić information content (AvgIpc) is 2.70. The van der Waals surface area contributed by atoms with Gasteiger partial charge in [0.2, 0.25) is 0 Å². The fraction of sp³-hybridized carbons (Fsp3) is 0.381. The Balaban J connectivity index is 1.39. The van der Waals surface area contributed by atoms with Crippen LogP contribution in [0.5, 0.6) is 0 Å². The number of carbonyl (C=O) groups is 1. The minimum atomic E-state index is -4.40. The monoisotopic (exact) mass is 410 g/mol. The zero-order valence-electron chi connectivity index (χ0n) is 15.7. The molecule has 0 bridgehead atoms. The molecule has 1 aliphatic heterocycles. The van der Waals surface area contributed by atoms with Crippen LogP contribution in [0.15, 0.2) is 48.5 Å². The molecule has 0 radical (unpaired) electrons. The molecule has 3 rings (SSSR count). The summed E-state index contributed by atoms with van der Waals surface area (Å²) in [5.41, 5.74) is 0.476. The number of alkyl halides is 3. The third-order valence-electron chi connectivity index (χ3n) is 4.90. The topological polar surface area (TPSA) is 41.6 Å². The van der Waals surface area contributed by atoms with E-state index in [1.54, 1.807) is 17.0 Å². The molecule has 4 nitrogen and oxygen atoms in total. The molecule has 0 unspecified atom stereocenters. The summed E-state index contributed by atoms with van der Waals surface area (Å²) in [6.45, 7) is 2.08. The quantitative estimate of drug-likeness (QED) is 0.679. The minimum Gasteiger partial charge on any atom is -0.376 e. The first kappa shape index (κ1) is 21.1. The first-order valence-corrected chi connectivity index (χ1v) is 9.36. The molecule has 1 N–H and O–H groups in total. The van der Waals surface area contributed by atoms with E-state index in [1.165, 1.54) is 24.3 Å². The van der Waals surface area contributed by atoms with Gasteiger partial charge in [-0.2, -0.15) is 13.2 Å². The number of piperidine rings is 1. The number of rotatable bonds is 5. The molecule has 2 amide bonds.